The van der Waals surface area contributed by atoms with Crippen LogP contribution >= 0.6 is 11.8 Å². The van der Waals surface area contributed by atoms with Gasteiger partial charge < -0.3 is 10.4 Å². The SMILES string of the molecule is CSC[C@H](C)C(=O)Nc1c(O)cccc1F. The van der Waals surface area contributed by atoms with Gasteiger partial charge in [0.05, 0.1) is 0 Å². The highest BCUT2D eigenvalue weighted by Gasteiger charge is 2.16. The number of phenols is 1. The Kier molecular flexibility index (Phi) is 4.61. The van der Waals surface area contributed by atoms with Crippen LogP contribution in [0.5, 0.6) is 5.75 Å². The Labute approximate surface area is 98.1 Å². The average molecular weight is 243 g/mol. The molecule has 1 aromatic rings. The summed E-state index contributed by atoms with van der Waals surface area (Å²) in [4.78, 5) is 11.6. The molecule has 1 rings (SSSR count). The highest BCUT2D eigenvalue weighted by atomic mass is 32.2. The van der Waals surface area contributed by atoms with E-state index >= 15 is 0 Å². The highest BCUT2D eigenvalue weighted by Crippen LogP contribution is 2.26. The van der Waals surface area contributed by atoms with Crippen LogP contribution in [-0.2, 0) is 4.79 Å². The molecule has 2 N–H and O–H groups in total. The Morgan fingerprint density at radius 2 is 2.31 bits per heavy atom. The third-order valence-corrected chi connectivity index (χ3v) is 2.94. The molecule has 0 saturated heterocycles. The summed E-state index contributed by atoms with van der Waals surface area (Å²) in [6.45, 7) is 1.75. The molecule has 88 valence electrons. The molecule has 0 heterocycles. The van der Waals surface area contributed by atoms with Crippen LogP contribution in [0.25, 0.3) is 0 Å². The van der Waals surface area contributed by atoms with E-state index in [1.165, 1.54) is 30.0 Å². The molecule has 1 atom stereocenters. The molecule has 0 saturated carbocycles. The van der Waals surface area contributed by atoms with Gasteiger partial charge >= 0.3 is 0 Å². The van der Waals surface area contributed by atoms with Crippen LogP contribution in [0.4, 0.5) is 10.1 Å². The fourth-order valence-corrected chi connectivity index (χ4v) is 1.86. The van der Waals surface area contributed by atoms with Crippen molar-refractivity contribution in [3.05, 3.63) is 24.0 Å². The predicted octanol–water partition coefficient (Wildman–Crippen LogP) is 2.47. The number of carbonyl (C=O) groups excluding carboxylic acids is 1. The summed E-state index contributed by atoms with van der Waals surface area (Å²) in [5.74, 6) is -0.765. The van der Waals surface area contributed by atoms with Crippen LogP contribution < -0.4 is 5.32 Å². The van der Waals surface area contributed by atoms with Crippen molar-refractivity contribution in [3.63, 3.8) is 0 Å². The minimum absolute atomic E-state index is 0.152. The second-order valence-electron chi connectivity index (χ2n) is 3.48. The number of phenolic OH excluding ortho intramolecular Hbond substituents is 1. The fourth-order valence-electron chi connectivity index (χ4n) is 1.21. The van der Waals surface area contributed by atoms with Crippen molar-refractivity contribution < 1.29 is 14.3 Å². The Morgan fingerprint density at radius 1 is 1.62 bits per heavy atom. The van der Waals surface area contributed by atoms with Crippen molar-refractivity contribution in [3.8, 4) is 5.75 Å². The van der Waals surface area contributed by atoms with Gasteiger partial charge in [0.15, 0.2) is 5.82 Å². The first-order chi connectivity index (χ1) is 7.56. The van der Waals surface area contributed by atoms with E-state index in [0.717, 1.165) is 0 Å². The standard InChI is InChI=1S/C11H14FNO2S/c1-7(6-16-2)11(15)13-10-8(12)4-3-5-9(10)14/h3-5,7,14H,6H2,1-2H3,(H,13,15)/t7-/m0/s1. The maximum Gasteiger partial charge on any atom is 0.228 e. The molecule has 1 aromatic carbocycles. The zero-order chi connectivity index (χ0) is 12.1. The van der Waals surface area contributed by atoms with Gasteiger partial charge in [-0.1, -0.05) is 13.0 Å². The molecular weight excluding hydrogens is 229 g/mol. The highest BCUT2D eigenvalue weighted by molar-refractivity contribution is 7.98. The topological polar surface area (TPSA) is 49.3 Å². The van der Waals surface area contributed by atoms with Crippen LogP contribution in [0, 0.1) is 11.7 Å². The quantitative estimate of drug-likeness (QED) is 0.799. The summed E-state index contributed by atoms with van der Waals surface area (Å²) in [5.41, 5.74) is -0.152. The molecule has 0 radical (unpaired) electrons. The molecule has 0 aliphatic heterocycles. The van der Waals surface area contributed by atoms with E-state index in [2.05, 4.69) is 5.32 Å². The zero-order valence-corrected chi connectivity index (χ0v) is 9.97. The summed E-state index contributed by atoms with van der Waals surface area (Å²) < 4.78 is 13.3. The first-order valence-corrected chi connectivity index (χ1v) is 6.23. The molecule has 16 heavy (non-hydrogen) atoms. The van der Waals surface area contributed by atoms with Gasteiger partial charge in [-0.15, -0.1) is 0 Å². The summed E-state index contributed by atoms with van der Waals surface area (Å²) in [6, 6.07) is 3.90. The smallest absolute Gasteiger partial charge is 0.228 e. The van der Waals surface area contributed by atoms with E-state index < -0.39 is 5.82 Å². The maximum atomic E-state index is 13.3. The van der Waals surface area contributed by atoms with Gasteiger partial charge in [0.1, 0.15) is 11.4 Å². The van der Waals surface area contributed by atoms with Gasteiger partial charge in [0.2, 0.25) is 5.91 Å². The number of rotatable bonds is 4. The van der Waals surface area contributed by atoms with Gasteiger partial charge in [-0.05, 0) is 18.4 Å². The molecule has 0 aromatic heterocycles. The van der Waals surface area contributed by atoms with Crippen LogP contribution in [0.15, 0.2) is 18.2 Å². The summed E-state index contributed by atoms with van der Waals surface area (Å²) >= 11 is 1.54. The summed E-state index contributed by atoms with van der Waals surface area (Å²) in [5, 5.41) is 11.8. The maximum absolute atomic E-state index is 13.3. The number of hydrogen-bond acceptors (Lipinski definition) is 3. The van der Waals surface area contributed by atoms with Crippen LogP contribution in [0.3, 0.4) is 0 Å². The average Bonchev–Trinajstić information content (AvgIpc) is 2.23. The van der Waals surface area contributed by atoms with Crippen LogP contribution in [0.1, 0.15) is 6.92 Å². The monoisotopic (exact) mass is 243 g/mol. The van der Waals surface area contributed by atoms with Gasteiger partial charge in [0, 0.05) is 11.7 Å². The second-order valence-corrected chi connectivity index (χ2v) is 4.39. The molecule has 0 fully saturated rings. The number of anilines is 1. The number of aromatic hydroxyl groups is 1. The van der Waals surface area contributed by atoms with E-state index in [-0.39, 0.29) is 23.3 Å². The predicted molar refractivity (Wildman–Crippen MR) is 64.2 cm³/mol. The molecule has 5 heteroatoms. The summed E-state index contributed by atoms with van der Waals surface area (Å²) in [7, 11) is 0. The number of nitrogens with one attached hydrogen (secondary N) is 1. The lowest BCUT2D eigenvalue weighted by Gasteiger charge is -2.12. The Balaban J connectivity index is 2.77. The van der Waals surface area contributed by atoms with E-state index in [0.29, 0.717) is 5.75 Å². The third-order valence-electron chi connectivity index (χ3n) is 2.10. The van der Waals surface area contributed by atoms with Gasteiger partial charge in [-0.3, -0.25) is 4.79 Å². The second kappa shape index (κ2) is 5.75. The molecule has 1 amide bonds. The largest absolute Gasteiger partial charge is 0.506 e. The van der Waals surface area contributed by atoms with E-state index in [9.17, 15) is 14.3 Å². The molecule has 0 aliphatic rings. The van der Waals surface area contributed by atoms with Crippen molar-refractivity contribution >= 4 is 23.4 Å². The van der Waals surface area contributed by atoms with Crippen molar-refractivity contribution in [1.29, 1.82) is 0 Å². The Bertz CT molecular complexity index is 364. The van der Waals surface area contributed by atoms with Crippen LogP contribution in [-0.4, -0.2) is 23.0 Å². The van der Waals surface area contributed by atoms with Gasteiger partial charge in [-0.2, -0.15) is 11.8 Å². The number of para-hydroxylation sites is 1. The minimum Gasteiger partial charge on any atom is -0.506 e. The Morgan fingerprint density at radius 3 is 2.88 bits per heavy atom. The zero-order valence-electron chi connectivity index (χ0n) is 9.16. The normalized spacial score (nSPS) is 12.2. The van der Waals surface area contributed by atoms with Crippen molar-refractivity contribution in [2.75, 3.05) is 17.3 Å². The third kappa shape index (κ3) is 3.13. The fraction of sp³-hybridized carbons (Fsp3) is 0.364. The number of halogens is 1. The lowest BCUT2D eigenvalue weighted by molar-refractivity contribution is -0.118. The first-order valence-electron chi connectivity index (χ1n) is 4.83. The van der Waals surface area contributed by atoms with E-state index in [4.69, 9.17) is 0 Å². The molecular formula is C11H14FNO2S. The van der Waals surface area contributed by atoms with E-state index in [1.54, 1.807) is 6.92 Å². The van der Waals surface area contributed by atoms with Gasteiger partial charge in [0.25, 0.3) is 0 Å². The number of hydrogen-bond donors (Lipinski definition) is 2. The molecule has 0 unspecified atom stereocenters. The molecule has 0 aliphatic carbocycles. The lowest BCUT2D eigenvalue weighted by atomic mass is 10.2. The van der Waals surface area contributed by atoms with E-state index in [1.807, 2.05) is 6.26 Å². The Hall–Kier alpha value is -1.23. The molecule has 0 bridgehead atoms. The first kappa shape index (κ1) is 12.8. The molecule has 3 nitrogen and oxygen atoms in total. The van der Waals surface area contributed by atoms with Crippen molar-refractivity contribution in [2.24, 2.45) is 5.92 Å². The number of amides is 1. The minimum atomic E-state index is -0.635. The van der Waals surface area contributed by atoms with Gasteiger partial charge in [-0.25, -0.2) is 4.39 Å². The molecule has 0 spiro atoms. The van der Waals surface area contributed by atoms with Crippen molar-refractivity contribution in [2.45, 2.75) is 6.92 Å². The van der Waals surface area contributed by atoms with Crippen molar-refractivity contribution in [1.82, 2.24) is 0 Å². The number of thioether (sulfide) groups is 1. The lowest BCUT2D eigenvalue weighted by Crippen LogP contribution is -2.22. The number of carbonyl (C=O) groups is 1. The van der Waals surface area contributed by atoms with Crippen LogP contribution in [0.2, 0.25) is 0 Å². The number of benzene rings is 1. The summed E-state index contributed by atoms with van der Waals surface area (Å²) in [6.07, 6.45) is 1.89.